The maximum atomic E-state index is 11.0. The molecule has 0 unspecified atom stereocenters. The van der Waals surface area contributed by atoms with Crippen LogP contribution in [0.15, 0.2) is 48.5 Å². The minimum atomic E-state index is -0.839. The van der Waals surface area contributed by atoms with E-state index >= 15 is 0 Å². The number of primary amides is 1. The van der Waals surface area contributed by atoms with Crippen molar-refractivity contribution in [1.82, 2.24) is 0 Å². The second-order valence-electron chi connectivity index (χ2n) is 4.01. The van der Waals surface area contributed by atoms with Gasteiger partial charge in [0.2, 0.25) is 5.91 Å². The normalized spacial score (nSPS) is 11.9. The molecule has 4 nitrogen and oxygen atoms in total. The van der Waals surface area contributed by atoms with Gasteiger partial charge in [-0.25, -0.2) is 0 Å². The lowest BCUT2D eigenvalue weighted by atomic mass is 10.1. The van der Waals surface area contributed by atoms with Crippen molar-refractivity contribution in [3.63, 3.8) is 0 Å². The molecule has 0 aliphatic heterocycles. The van der Waals surface area contributed by atoms with Gasteiger partial charge in [0.1, 0.15) is 17.5 Å². The summed E-state index contributed by atoms with van der Waals surface area (Å²) >= 11 is 5.79. The molecule has 5 heteroatoms. The largest absolute Gasteiger partial charge is 0.457 e. The zero-order valence-electron chi connectivity index (χ0n) is 10.0. The lowest BCUT2D eigenvalue weighted by Gasteiger charge is -2.10. The number of nitrogens with two attached hydrogens (primary N) is 2. The first-order valence-corrected chi connectivity index (χ1v) is 6.02. The van der Waals surface area contributed by atoms with Crippen molar-refractivity contribution in [2.24, 2.45) is 11.5 Å². The Morgan fingerprint density at radius 1 is 1.11 bits per heavy atom. The van der Waals surface area contributed by atoms with Gasteiger partial charge < -0.3 is 16.2 Å². The van der Waals surface area contributed by atoms with Crippen LogP contribution in [0.25, 0.3) is 0 Å². The average molecular weight is 277 g/mol. The standard InChI is InChI=1S/C14H13ClN2O2/c15-10-4-6-11(7-5-10)19-12-3-1-2-9(8-12)13(16)14(17)18/h1-8,13H,16H2,(H2,17,18)/t13-/m0/s1. The molecule has 0 aliphatic carbocycles. The maximum Gasteiger partial charge on any atom is 0.238 e. The van der Waals surface area contributed by atoms with Crippen LogP contribution in [0, 0.1) is 0 Å². The topological polar surface area (TPSA) is 78.3 Å². The fourth-order valence-corrected chi connectivity index (χ4v) is 1.70. The molecular weight excluding hydrogens is 264 g/mol. The van der Waals surface area contributed by atoms with E-state index in [2.05, 4.69) is 0 Å². The Labute approximate surface area is 115 Å². The monoisotopic (exact) mass is 276 g/mol. The van der Waals surface area contributed by atoms with Crippen LogP contribution in [0.2, 0.25) is 5.02 Å². The van der Waals surface area contributed by atoms with E-state index in [1.54, 1.807) is 48.5 Å². The lowest BCUT2D eigenvalue weighted by molar-refractivity contribution is -0.119. The summed E-state index contributed by atoms with van der Waals surface area (Å²) in [4.78, 5) is 11.0. The molecule has 0 saturated carbocycles. The summed E-state index contributed by atoms with van der Waals surface area (Å²) in [6.07, 6.45) is 0. The highest BCUT2D eigenvalue weighted by molar-refractivity contribution is 6.30. The molecule has 2 aromatic rings. The third-order valence-electron chi connectivity index (χ3n) is 2.57. The van der Waals surface area contributed by atoms with Crippen LogP contribution in [0.5, 0.6) is 11.5 Å². The van der Waals surface area contributed by atoms with Crippen LogP contribution < -0.4 is 16.2 Å². The Morgan fingerprint density at radius 2 is 1.79 bits per heavy atom. The van der Waals surface area contributed by atoms with E-state index < -0.39 is 11.9 Å². The van der Waals surface area contributed by atoms with Crippen molar-refractivity contribution in [3.8, 4) is 11.5 Å². The summed E-state index contributed by atoms with van der Waals surface area (Å²) < 4.78 is 5.64. The number of halogens is 1. The number of hydrogen-bond donors (Lipinski definition) is 2. The molecule has 0 saturated heterocycles. The zero-order valence-corrected chi connectivity index (χ0v) is 10.8. The number of benzene rings is 2. The Morgan fingerprint density at radius 3 is 2.42 bits per heavy atom. The quantitative estimate of drug-likeness (QED) is 0.901. The minimum absolute atomic E-state index is 0.580. The predicted octanol–water partition coefficient (Wildman–Crippen LogP) is 2.62. The predicted molar refractivity (Wildman–Crippen MR) is 74.1 cm³/mol. The summed E-state index contributed by atoms with van der Waals surface area (Å²) in [7, 11) is 0. The van der Waals surface area contributed by atoms with E-state index in [9.17, 15) is 4.79 Å². The second kappa shape index (κ2) is 5.73. The fourth-order valence-electron chi connectivity index (χ4n) is 1.57. The SMILES string of the molecule is NC(=O)[C@@H](N)c1cccc(Oc2ccc(Cl)cc2)c1. The maximum absolute atomic E-state index is 11.0. The highest BCUT2D eigenvalue weighted by Crippen LogP contribution is 2.25. The third-order valence-corrected chi connectivity index (χ3v) is 2.83. The summed E-state index contributed by atoms with van der Waals surface area (Å²) in [5, 5.41) is 0.636. The van der Waals surface area contributed by atoms with Crippen LogP contribution in [0.4, 0.5) is 0 Å². The molecule has 19 heavy (non-hydrogen) atoms. The molecule has 0 aromatic heterocycles. The highest BCUT2D eigenvalue weighted by atomic mass is 35.5. The van der Waals surface area contributed by atoms with Crippen molar-refractivity contribution in [1.29, 1.82) is 0 Å². The Kier molecular flexibility index (Phi) is 4.04. The Bertz CT molecular complexity index is 584. The van der Waals surface area contributed by atoms with Gasteiger partial charge in [-0.3, -0.25) is 4.79 Å². The van der Waals surface area contributed by atoms with Crippen LogP contribution in [-0.2, 0) is 4.79 Å². The molecule has 0 aliphatic rings. The number of rotatable bonds is 4. The van der Waals surface area contributed by atoms with Crippen molar-refractivity contribution >= 4 is 17.5 Å². The first kappa shape index (κ1) is 13.4. The van der Waals surface area contributed by atoms with E-state index in [1.165, 1.54) is 0 Å². The number of carbonyl (C=O) groups excluding carboxylic acids is 1. The van der Waals surface area contributed by atoms with Gasteiger partial charge >= 0.3 is 0 Å². The first-order chi connectivity index (χ1) is 9.06. The number of ether oxygens (including phenoxy) is 1. The zero-order chi connectivity index (χ0) is 13.8. The number of amides is 1. The first-order valence-electron chi connectivity index (χ1n) is 5.64. The molecule has 0 heterocycles. The minimum Gasteiger partial charge on any atom is -0.457 e. The van der Waals surface area contributed by atoms with Crippen molar-refractivity contribution < 1.29 is 9.53 Å². The van der Waals surface area contributed by atoms with E-state index in [0.717, 1.165) is 0 Å². The molecule has 4 N–H and O–H groups in total. The molecule has 0 radical (unpaired) electrons. The number of carbonyl (C=O) groups is 1. The second-order valence-corrected chi connectivity index (χ2v) is 4.44. The molecule has 1 amide bonds. The van der Waals surface area contributed by atoms with Crippen molar-refractivity contribution in [2.45, 2.75) is 6.04 Å². The van der Waals surface area contributed by atoms with E-state index in [1.807, 2.05) is 0 Å². The van der Waals surface area contributed by atoms with Crippen LogP contribution in [-0.4, -0.2) is 5.91 Å². The summed E-state index contributed by atoms with van der Waals surface area (Å²) in [5.41, 5.74) is 11.5. The van der Waals surface area contributed by atoms with Gasteiger partial charge in [0.25, 0.3) is 0 Å². The van der Waals surface area contributed by atoms with Crippen molar-refractivity contribution in [2.75, 3.05) is 0 Å². The molecule has 0 bridgehead atoms. The van der Waals surface area contributed by atoms with E-state index in [0.29, 0.717) is 22.1 Å². The van der Waals surface area contributed by atoms with E-state index in [-0.39, 0.29) is 0 Å². The van der Waals surface area contributed by atoms with E-state index in [4.69, 9.17) is 27.8 Å². The van der Waals surface area contributed by atoms with Crippen LogP contribution in [0.1, 0.15) is 11.6 Å². The van der Waals surface area contributed by atoms with Gasteiger partial charge in [0, 0.05) is 5.02 Å². The van der Waals surface area contributed by atoms with Gasteiger partial charge in [0.05, 0.1) is 0 Å². The van der Waals surface area contributed by atoms with Gasteiger partial charge in [-0.2, -0.15) is 0 Å². The molecule has 2 aromatic carbocycles. The summed E-state index contributed by atoms with van der Waals surface area (Å²) in [6.45, 7) is 0. The van der Waals surface area contributed by atoms with Crippen LogP contribution in [0.3, 0.4) is 0 Å². The average Bonchev–Trinajstić information content (AvgIpc) is 2.41. The van der Waals surface area contributed by atoms with Crippen molar-refractivity contribution in [3.05, 3.63) is 59.1 Å². The highest BCUT2D eigenvalue weighted by Gasteiger charge is 2.12. The van der Waals surface area contributed by atoms with Gasteiger partial charge in [0.15, 0.2) is 0 Å². The van der Waals surface area contributed by atoms with Gasteiger partial charge in [-0.1, -0.05) is 23.7 Å². The lowest BCUT2D eigenvalue weighted by Crippen LogP contribution is -2.28. The van der Waals surface area contributed by atoms with Gasteiger partial charge in [-0.15, -0.1) is 0 Å². The summed E-state index contributed by atoms with van der Waals surface area (Å²) in [5.74, 6) is 0.648. The molecule has 0 fully saturated rings. The molecular formula is C14H13ClN2O2. The smallest absolute Gasteiger partial charge is 0.238 e. The van der Waals surface area contributed by atoms with Crippen LogP contribution >= 0.6 is 11.6 Å². The molecule has 2 rings (SSSR count). The Balaban J connectivity index is 2.19. The van der Waals surface area contributed by atoms with Gasteiger partial charge in [-0.05, 0) is 42.0 Å². The fraction of sp³-hybridized carbons (Fsp3) is 0.0714. The summed E-state index contributed by atoms with van der Waals surface area (Å²) in [6, 6.07) is 13.1. The molecule has 0 spiro atoms. The Hall–Kier alpha value is -2.04. The molecule has 98 valence electrons. The number of hydrogen-bond acceptors (Lipinski definition) is 3. The molecule has 1 atom stereocenters. The third kappa shape index (κ3) is 3.47.